The van der Waals surface area contributed by atoms with Gasteiger partial charge in [-0.05, 0) is 39.0 Å². The summed E-state index contributed by atoms with van der Waals surface area (Å²) < 4.78 is 6.57. The van der Waals surface area contributed by atoms with E-state index in [-0.39, 0.29) is 5.15 Å². The summed E-state index contributed by atoms with van der Waals surface area (Å²) in [6.45, 7) is 5.35. The average Bonchev–Trinajstić information content (AvgIpc) is 2.61. The molecule has 1 aromatic carbocycles. The third kappa shape index (κ3) is 2.72. The topological polar surface area (TPSA) is 55.0 Å². The predicted molar refractivity (Wildman–Crippen MR) is 73.3 cm³/mol. The Hall–Kier alpha value is -1.99. The zero-order valence-electron chi connectivity index (χ0n) is 10.9. The predicted octanol–water partition coefficient (Wildman–Crippen LogP) is 3.95. The first-order valence-electron chi connectivity index (χ1n) is 5.76. The van der Waals surface area contributed by atoms with Gasteiger partial charge in [0.1, 0.15) is 10.8 Å². The van der Waals surface area contributed by atoms with Crippen LogP contribution in [0.1, 0.15) is 26.3 Å². The van der Waals surface area contributed by atoms with Gasteiger partial charge in [0.05, 0.1) is 17.1 Å². The van der Waals surface area contributed by atoms with Crippen LogP contribution >= 0.6 is 11.6 Å². The van der Waals surface area contributed by atoms with Gasteiger partial charge in [-0.15, -0.1) is 0 Å². The van der Waals surface area contributed by atoms with Gasteiger partial charge in [-0.3, -0.25) is 0 Å². The molecule has 0 amide bonds. The molecule has 0 atom stereocenters. The van der Waals surface area contributed by atoms with Crippen LogP contribution in [0.3, 0.4) is 0 Å². The highest BCUT2D eigenvalue weighted by Gasteiger charge is 2.21. The monoisotopic (exact) mass is 276 g/mol. The second-order valence-corrected chi connectivity index (χ2v) is 5.56. The molecule has 2 aromatic rings. The molecule has 0 bridgehead atoms. The summed E-state index contributed by atoms with van der Waals surface area (Å²) in [7, 11) is 0. The zero-order chi connectivity index (χ0) is 14.2. The first kappa shape index (κ1) is 13.4. The number of nitrogens with zero attached hydrogens (tertiary/aromatic N) is 2. The van der Waals surface area contributed by atoms with Gasteiger partial charge in [0, 0.05) is 5.39 Å². The minimum Gasteiger partial charge on any atom is -0.443 e. The summed E-state index contributed by atoms with van der Waals surface area (Å²) in [6, 6.07) is 8.75. The van der Waals surface area contributed by atoms with Gasteiger partial charge in [-0.25, -0.2) is 9.36 Å². The van der Waals surface area contributed by atoms with Gasteiger partial charge >= 0.3 is 6.09 Å². The van der Waals surface area contributed by atoms with Crippen molar-refractivity contribution in [3.63, 3.8) is 0 Å². The molecule has 0 N–H and O–H groups in total. The third-order valence-corrected chi connectivity index (χ3v) is 2.74. The van der Waals surface area contributed by atoms with Gasteiger partial charge in [0.2, 0.25) is 0 Å². The van der Waals surface area contributed by atoms with Gasteiger partial charge in [0.25, 0.3) is 0 Å². The molecule has 0 aliphatic rings. The number of benzene rings is 1. The van der Waals surface area contributed by atoms with Gasteiger partial charge in [-0.1, -0.05) is 17.7 Å². The molecule has 0 aliphatic heterocycles. The molecule has 0 fully saturated rings. The lowest BCUT2D eigenvalue weighted by Gasteiger charge is -2.20. The molecule has 5 heteroatoms. The molecule has 4 nitrogen and oxygen atoms in total. The highest BCUT2D eigenvalue weighted by atomic mass is 35.5. The first-order valence-corrected chi connectivity index (χ1v) is 6.14. The van der Waals surface area contributed by atoms with Crippen molar-refractivity contribution >= 4 is 28.6 Å². The van der Waals surface area contributed by atoms with E-state index in [0.29, 0.717) is 11.1 Å². The minimum absolute atomic E-state index is 0.263. The van der Waals surface area contributed by atoms with Crippen molar-refractivity contribution < 1.29 is 9.53 Å². The molecule has 1 heterocycles. The lowest BCUT2D eigenvalue weighted by molar-refractivity contribution is 0.0545. The van der Waals surface area contributed by atoms with E-state index < -0.39 is 11.7 Å². The standard InChI is InChI=1S/C14H13ClN2O2/c1-14(2,3)19-13(18)17-11-6-9(8-16)4-5-10(11)7-12(17)15/h4-7H,1-3H3. The van der Waals surface area contributed by atoms with Crippen molar-refractivity contribution in [2.75, 3.05) is 0 Å². The SMILES string of the molecule is CC(C)(C)OC(=O)n1c(Cl)cc2ccc(C#N)cc21. The van der Waals surface area contributed by atoms with Crippen molar-refractivity contribution in [3.8, 4) is 6.07 Å². The molecule has 0 aliphatic carbocycles. The fourth-order valence-electron chi connectivity index (χ4n) is 1.73. The largest absolute Gasteiger partial charge is 0.443 e. The van der Waals surface area contributed by atoms with Crippen molar-refractivity contribution in [1.29, 1.82) is 5.26 Å². The van der Waals surface area contributed by atoms with Gasteiger partial charge in [-0.2, -0.15) is 5.26 Å². The minimum atomic E-state index is -0.607. The molecule has 2 rings (SSSR count). The second kappa shape index (κ2) is 4.60. The highest BCUT2D eigenvalue weighted by molar-refractivity contribution is 6.32. The normalized spacial score (nSPS) is 11.3. The van der Waals surface area contributed by atoms with E-state index in [1.165, 1.54) is 4.57 Å². The van der Waals surface area contributed by atoms with Crippen molar-refractivity contribution in [2.45, 2.75) is 26.4 Å². The van der Waals surface area contributed by atoms with Gasteiger partial charge in [0.15, 0.2) is 0 Å². The molecule has 1 aromatic heterocycles. The van der Waals surface area contributed by atoms with E-state index in [9.17, 15) is 4.79 Å². The Bertz CT molecular complexity index is 690. The fourth-order valence-corrected chi connectivity index (χ4v) is 2.01. The first-order chi connectivity index (χ1) is 8.81. The number of fused-ring (bicyclic) bond motifs is 1. The number of nitriles is 1. The molecular formula is C14H13ClN2O2. The Labute approximate surface area is 116 Å². The molecule has 19 heavy (non-hydrogen) atoms. The fraction of sp³-hybridized carbons (Fsp3) is 0.286. The van der Waals surface area contributed by atoms with Crippen molar-refractivity contribution in [1.82, 2.24) is 4.57 Å². The summed E-state index contributed by atoms with van der Waals surface area (Å²) >= 11 is 6.07. The summed E-state index contributed by atoms with van der Waals surface area (Å²) in [5.41, 5.74) is 0.425. The number of aromatic nitrogens is 1. The third-order valence-electron chi connectivity index (χ3n) is 2.46. The highest BCUT2D eigenvalue weighted by Crippen LogP contribution is 2.26. The molecule has 0 saturated carbocycles. The Kier molecular flexibility index (Phi) is 3.25. The lowest BCUT2D eigenvalue weighted by Crippen LogP contribution is -2.27. The van der Waals surface area contributed by atoms with Crippen molar-refractivity contribution in [2.24, 2.45) is 0 Å². The summed E-state index contributed by atoms with van der Waals surface area (Å²) in [5.74, 6) is 0. The Morgan fingerprint density at radius 2 is 2.05 bits per heavy atom. The Morgan fingerprint density at radius 1 is 1.37 bits per heavy atom. The van der Waals surface area contributed by atoms with E-state index in [0.717, 1.165) is 5.39 Å². The van der Waals surface area contributed by atoms with Crippen LogP contribution in [0.25, 0.3) is 10.9 Å². The number of hydrogen-bond donors (Lipinski definition) is 0. The van der Waals surface area contributed by atoms with Crippen molar-refractivity contribution in [3.05, 3.63) is 35.0 Å². The number of hydrogen-bond acceptors (Lipinski definition) is 3. The van der Waals surface area contributed by atoms with Crippen LogP contribution in [0.5, 0.6) is 0 Å². The molecule has 0 saturated heterocycles. The lowest BCUT2D eigenvalue weighted by atomic mass is 10.2. The number of rotatable bonds is 0. The molecular weight excluding hydrogens is 264 g/mol. The van der Waals surface area contributed by atoms with Crippen LogP contribution in [0.15, 0.2) is 24.3 Å². The van der Waals surface area contributed by atoms with E-state index in [1.807, 2.05) is 6.07 Å². The van der Waals surface area contributed by atoms with Crippen LogP contribution < -0.4 is 0 Å². The maximum atomic E-state index is 12.1. The molecule has 0 spiro atoms. The van der Waals surface area contributed by atoms with E-state index in [4.69, 9.17) is 21.6 Å². The van der Waals surface area contributed by atoms with E-state index >= 15 is 0 Å². The molecule has 98 valence electrons. The smallest absolute Gasteiger partial charge is 0.420 e. The van der Waals surface area contributed by atoms with Crippen LogP contribution in [-0.4, -0.2) is 16.3 Å². The maximum Gasteiger partial charge on any atom is 0.420 e. The van der Waals surface area contributed by atoms with Crippen LogP contribution in [0, 0.1) is 11.3 Å². The zero-order valence-corrected chi connectivity index (χ0v) is 11.7. The van der Waals surface area contributed by atoms with E-state index in [1.54, 1.807) is 45.0 Å². The van der Waals surface area contributed by atoms with Gasteiger partial charge < -0.3 is 4.74 Å². The maximum absolute atomic E-state index is 12.1. The summed E-state index contributed by atoms with van der Waals surface area (Å²) in [5, 5.41) is 9.96. The van der Waals surface area contributed by atoms with E-state index in [2.05, 4.69) is 0 Å². The second-order valence-electron chi connectivity index (χ2n) is 5.17. The summed E-state index contributed by atoms with van der Waals surface area (Å²) in [4.78, 5) is 12.1. The quantitative estimate of drug-likeness (QED) is 0.732. The average molecular weight is 277 g/mol. The number of ether oxygens (including phenoxy) is 1. The summed E-state index contributed by atoms with van der Waals surface area (Å²) in [6.07, 6.45) is -0.553. The number of carbonyl (C=O) groups excluding carboxylic acids is 1. The van der Waals surface area contributed by atoms with Crippen LogP contribution in [-0.2, 0) is 4.74 Å². The molecule has 0 unspecified atom stereocenters. The van der Waals surface area contributed by atoms with Crippen LogP contribution in [0.4, 0.5) is 4.79 Å². The Morgan fingerprint density at radius 3 is 2.63 bits per heavy atom. The number of halogens is 1. The number of carbonyl (C=O) groups is 1. The van der Waals surface area contributed by atoms with Crippen LogP contribution in [0.2, 0.25) is 5.15 Å². The Balaban J connectivity index is 2.56. The molecule has 0 radical (unpaired) electrons.